The largest absolute Gasteiger partial charge is 0.484 e. The van der Waals surface area contributed by atoms with Gasteiger partial charge in [0.15, 0.2) is 16.4 Å². The number of nitrogens with zero attached hydrogens (tertiary/aromatic N) is 1. The highest BCUT2D eigenvalue weighted by molar-refractivity contribution is 7.91. The average molecular weight is 427 g/mol. The van der Waals surface area contributed by atoms with Crippen LogP contribution in [-0.4, -0.2) is 44.7 Å². The number of carbonyl (C=O) groups excluding carboxylic acids is 1. The van der Waals surface area contributed by atoms with Gasteiger partial charge >= 0.3 is 0 Å². The minimum absolute atomic E-state index is 0.0766. The first kappa shape index (κ1) is 20.3. The van der Waals surface area contributed by atoms with E-state index >= 15 is 0 Å². The van der Waals surface area contributed by atoms with Crippen molar-refractivity contribution in [2.75, 3.05) is 25.4 Å². The van der Waals surface area contributed by atoms with E-state index in [0.717, 1.165) is 10.8 Å². The molecule has 0 spiro atoms. The van der Waals surface area contributed by atoms with Gasteiger partial charge < -0.3 is 9.64 Å². The van der Waals surface area contributed by atoms with Gasteiger partial charge in [-0.25, -0.2) is 12.8 Å². The Morgan fingerprint density at radius 3 is 2.53 bits per heavy atom. The normalized spacial score (nSPS) is 18.7. The topological polar surface area (TPSA) is 63.7 Å². The van der Waals surface area contributed by atoms with Crippen LogP contribution in [-0.2, 0) is 14.6 Å². The van der Waals surface area contributed by atoms with Gasteiger partial charge in [0.25, 0.3) is 5.91 Å². The molecule has 1 fully saturated rings. The Morgan fingerprint density at radius 2 is 1.73 bits per heavy atom. The summed E-state index contributed by atoms with van der Waals surface area (Å²) in [6, 6.07) is 19.3. The molecule has 3 aromatic carbocycles. The number of amides is 1. The van der Waals surface area contributed by atoms with Crippen molar-refractivity contribution in [3.05, 3.63) is 78.1 Å². The number of carbonyl (C=O) groups is 1. The van der Waals surface area contributed by atoms with Crippen molar-refractivity contribution in [1.29, 1.82) is 0 Å². The Balaban J connectivity index is 1.43. The second-order valence-corrected chi connectivity index (χ2v) is 9.65. The van der Waals surface area contributed by atoms with Crippen molar-refractivity contribution in [2.24, 2.45) is 0 Å². The molecule has 30 heavy (non-hydrogen) atoms. The molecule has 0 aromatic heterocycles. The highest BCUT2D eigenvalue weighted by Gasteiger charge is 2.34. The molecular formula is C23H22FNO4S. The molecular weight excluding hydrogens is 405 g/mol. The molecule has 5 nitrogen and oxygen atoms in total. The van der Waals surface area contributed by atoms with Gasteiger partial charge in [-0.3, -0.25) is 4.79 Å². The van der Waals surface area contributed by atoms with Crippen LogP contribution in [0.4, 0.5) is 4.39 Å². The Bertz CT molecular complexity index is 1180. The summed E-state index contributed by atoms with van der Waals surface area (Å²) in [5.74, 6) is -0.444. The van der Waals surface area contributed by atoms with Gasteiger partial charge in [0.2, 0.25) is 0 Å². The third-order valence-electron chi connectivity index (χ3n) is 5.43. The SMILES string of the molecule is O=C(COc1ccc2ccccc2c1)N1CCC(c2ccccc2F)S(=O)(=O)CC1. The van der Waals surface area contributed by atoms with E-state index in [-0.39, 0.29) is 43.3 Å². The Labute approximate surface area is 175 Å². The van der Waals surface area contributed by atoms with Crippen LogP contribution in [0.1, 0.15) is 17.2 Å². The lowest BCUT2D eigenvalue weighted by Gasteiger charge is -2.20. The molecule has 1 atom stereocenters. The maximum absolute atomic E-state index is 14.2. The lowest BCUT2D eigenvalue weighted by atomic mass is 10.1. The summed E-state index contributed by atoms with van der Waals surface area (Å²) in [5.41, 5.74) is 0.166. The van der Waals surface area contributed by atoms with Gasteiger partial charge in [0, 0.05) is 18.7 Å². The smallest absolute Gasteiger partial charge is 0.260 e. The number of halogens is 1. The molecule has 1 saturated heterocycles. The van der Waals surface area contributed by atoms with E-state index in [1.807, 2.05) is 36.4 Å². The van der Waals surface area contributed by atoms with Gasteiger partial charge in [0.05, 0.1) is 11.0 Å². The van der Waals surface area contributed by atoms with Crippen molar-refractivity contribution >= 4 is 26.5 Å². The fourth-order valence-electron chi connectivity index (χ4n) is 3.77. The summed E-state index contributed by atoms with van der Waals surface area (Å²) in [6.45, 7) is 0.133. The second kappa shape index (κ2) is 8.44. The molecule has 3 aromatic rings. The molecule has 1 heterocycles. The lowest BCUT2D eigenvalue weighted by Crippen LogP contribution is -2.37. The molecule has 0 bridgehead atoms. The number of hydrogen-bond acceptors (Lipinski definition) is 4. The van der Waals surface area contributed by atoms with Crippen molar-refractivity contribution in [3.63, 3.8) is 0 Å². The maximum Gasteiger partial charge on any atom is 0.260 e. The molecule has 1 aliphatic heterocycles. The summed E-state index contributed by atoms with van der Waals surface area (Å²) >= 11 is 0. The Hall–Kier alpha value is -2.93. The number of ether oxygens (including phenoxy) is 1. The van der Waals surface area contributed by atoms with E-state index in [0.29, 0.717) is 5.75 Å². The summed E-state index contributed by atoms with van der Waals surface area (Å²) in [7, 11) is -3.57. The first-order valence-electron chi connectivity index (χ1n) is 9.79. The summed E-state index contributed by atoms with van der Waals surface area (Å²) in [6.07, 6.45) is 0.158. The molecule has 1 unspecified atom stereocenters. The van der Waals surface area contributed by atoms with Gasteiger partial charge in [-0.1, -0.05) is 48.5 Å². The predicted octanol–water partition coefficient (Wildman–Crippen LogP) is 3.75. The van der Waals surface area contributed by atoms with Crippen molar-refractivity contribution in [3.8, 4) is 5.75 Å². The quantitative estimate of drug-likeness (QED) is 0.636. The van der Waals surface area contributed by atoms with Crippen LogP contribution in [0.5, 0.6) is 5.75 Å². The van der Waals surface area contributed by atoms with Gasteiger partial charge in [-0.05, 0) is 35.4 Å². The van der Waals surface area contributed by atoms with Crippen LogP contribution in [0.15, 0.2) is 66.7 Å². The van der Waals surface area contributed by atoms with Gasteiger partial charge in [-0.15, -0.1) is 0 Å². The van der Waals surface area contributed by atoms with Crippen LogP contribution in [0.2, 0.25) is 0 Å². The van der Waals surface area contributed by atoms with Gasteiger partial charge in [-0.2, -0.15) is 0 Å². The van der Waals surface area contributed by atoms with Crippen LogP contribution in [0.3, 0.4) is 0 Å². The van der Waals surface area contributed by atoms with Crippen LogP contribution in [0.25, 0.3) is 10.8 Å². The Morgan fingerprint density at radius 1 is 1.00 bits per heavy atom. The molecule has 156 valence electrons. The number of fused-ring (bicyclic) bond motifs is 1. The van der Waals surface area contributed by atoms with E-state index in [4.69, 9.17) is 4.74 Å². The monoisotopic (exact) mass is 427 g/mol. The third kappa shape index (κ3) is 4.31. The highest BCUT2D eigenvalue weighted by atomic mass is 32.2. The van der Waals surface area contributed by atoms with Crippen LogP contribution >= 0.6 is 0 Å². The minimum Gasteiger partial charge on any atom is -0.484 e. The predicted molar refractivity (Wildman–Crippen MR) is 114 cm³/mol. The van der Waals surface area contributed by atoms with Crippen LogP contribution in [0, 0.1) is 5.82 Å². The van der Waals surface area contributed by atoms with E-state index < -0.39 is 20.9 Å². The van der Waals surface area contributed by atoms with Crippen molar-refractivity contribution in [2.45, 2.75) is 11.7 Å². The Kier molecular flexibility index (Phi) is 5.72. The number of benzene rings is 3. The van der Waals surface area contributed by atoms with E-state index in [1.165, 1.54) is 23.1 Å². The fraction of sp³-hybridized carbons (Fsp3) is 0.261. The molecule has 0 N–H and O–H groups in total. The minimum atomic E-state index is -3.57. The van der Waals surface area contributed by atoms with E-state index in [2.05, 4.69) is 0 Å². The third-order valence-corrected chi connectivity index (χ3v) is 7.54. The second-order valence-electron chi connectivity index (χ2n) is 7.34. The molecule has 1 aliphatic rings. The first-order chi connectivity index (χ1) is 14.4. The first-order valence-corrected chi connectivity index (χ1v) is 11.5. The summed E-state index contributed by atoms with van der Waals surface area (Å²) in [5, 5.41) is 1.14. The molecule has 4 rings (SSSR count). The zero-order valence-corrected chi connectivity index (χ0v) is 17.1. The zero-order chi connectivity index (χ0) is 21.1. The molecule has 1 amide bonds. The average Bonchev–Trinajstić information content (AvgIpc) is 2.90. The number of hydrogen-bond donors (Lipinski definition) is 0. The van der Waals surface area contributed by atoms with Crippen LogP contribution < -0.4 is 4.74 Å². The molecule has 0 radical (unpaired) electrons. The zero-order valence-electron chi connectivity index (χ0n) is 16.3. The fourth-order valence-corrected chi connectivity index (χ4v) is 5.57. The molecule has 7 heteroatoms. The maximum atomic E-state index is 14.2. The van der Waals surface area contributed by atoms with E-state index in [9.17, 15) is 17.6 Å². The number of rotatable bonds is 4. The van der Waals surface area contributed by atoms with Crippen molar-refractivity contribution < 1.29 is 22.3 Å². The molecule has 0 saturated carbocycles. The van der Waals surface area contributed by atoms with Crippen molar-refractivity contribution in [1.82, 2.24) is 4.90 Å². The standard InChI is InChI=1S/C23H22FNO4S/c24-21-8-4-3-7-20(21)22-11-12-25(13-14-30(22,27)28)23(26)16-29-19-10-9-17-5-1-2-6-18(17)15-19/h1-10,15,22H,11-14,16H2. The highest BCUT2D eigenvalue weighted by Crippen LogP contribution is 2.31. The van der Waals surface area contributed by atoms with E-state index in [1.54, 1.807) is 12.1 Å². The number of sulfone groups is 1. The lowest BCUT2D eigenvalue weighted by molar-refractivity contribution is -0.133. The van der Waals surface area contributed by atoms with Gasteiger partial charge in [0.1, 0.15) is 11.6 Å². The summed E-state index contributed by atoms with van der Waals surface area (Å²) < 4.78 is 45.2. The molecule has 0 aliphatic carbocycles. The summed E-state index contributed by atoms with van der Waals surface area (Å²) in [4.78, 5) is 14.1.